The van der Waals surface area contributed by atoms with Crippen molar-refractivity contribution in [1.29, 1.82) is 0 Å². The Balaban J connectivity index is 1.15. The molecule has 0 amide bonds. The number of aromatic nitrogens is 4. The summed E-state index contributed by atoms with van der Waals surface area (Å²) in [7, 11) is 0. The van der Waals surface area contributed by atoms with Crippen molar-refractivity contribution in [3.63, 3.8) is 0 Å². The maximum Gasteiger partial charge on any atom is 0.168 e. The quantitative estimate of drug-likeness (QED) is 0.183. The number of hydrogen-bond donors (Lipinski definition) is 0. The van der Waals surface area contributed by atoms with E-state index < -0.39 is 5.41 Å². The first-order chi connectivity index (χ1) is 27.3. The second-order valence-corrected chi connectivity index (χ2v) is 14.6. The minimum atomic E-state index is -0.539. The van der Waals surface area contributed by atoms with Crippen molar-refractivity contribution in [2.45, 2.75) is 5.41 Å². The van der Waals surface area contributed by atoms with Crippen LogP contribution in [-0.4, -0.2) is 19.3 Å². The highest BCUT2D eigenvalue weighted by Crippen LogP contribution is 2.63. The van der Waals surface area contributed by atoms with E-state index in [2.05, 4.69) is 197 Å². The standard InChI is InChI=1S/C51H32N4/c1-3-15-33(16-4-1)49-52-53-50(55(49)35-17-5-2-6-18-35)34-27-29-39-40-30-28-36(54-47-25-13-9-21-41(47)42-22-10-14-26-48(42)54)32-46(40)51(45(39)31-34)43-23-11-7-19-37(43)38-20-8-12-24-44(38)51/h1-32H. The van der Waals surface area contributed by atoms with E-state index in [9.17, 15) is 0 Å². The summed E-state index contributed by atoms with van der Waals surface area (Å²) in [6, 6.07) is 70.4. The van der Waals surface area contributed by atoms with Gasteiger partial charge in [-0.05, 0) is 87.0 Å². The summed E-state index contributed by atoms with van der Waals surface area (Å²) in [5.74, 6) is 1.62. The highest BCUT2D eigenvalue weighted by Gasteiger charge is 2.52. The molecule has 2 aromatic heterocycles. The van der Waals surface area contributed by atoms with Crippen molar-refractivity contribution < 1.29 is 0 Å². The molecule has 0 bridgehead atoms. The maximum atomic E-state index is 4.93. The molecule has 4 heteroatoms. The third kappa shape index (κ3) is 4.05. The second kappa shape index (κ2) is 11.3. The predicted molar refractivity (Wildman–Crippen MR) is 223 cm³/mol. The number of rotatable bonds is 4. The van der Waals surface area contributed by atoms with Crippen LogP contribution in [0.1, 0.15) is 22.3 Å². The van der Waals surface area contributed by atoms with Gasteiger partial charge < -0.3 is 4.57 Å². The van der Waals surface area contributed by atoms with Crippen LogP contribution in [0.15, 0.2) is 194 Å². The number of hydrogen-bond acceptors (Lipinski definition) is 2. The van der Waals surface area contributed by atoms with E-state index in [-0.39, 0.29) is 0 Å². The van der Waals surface area contributed by atoms with Gasteiger partial charge in [0.2, 0.25) is 0 Å². The fraction of sp³-hybridized carbons (Fsp3) is 0.0196. The zero-order valence-electron chi connectivity index (χ0n) is 29.8. The minimum Gasteiger partial charge on any atom is -0.309 e. The molecule has 0 saturated heterocycles. The largest absolute Gasteiger partial charge is 0.309 e. The molecule has 1 spiro atoms. The molecule has 0 radical (unpaired) electrons. The van der Waals surface area contributed by atoms with Crippen molar-refractivity contribution >= 4 is 21.8 Å². The Kier molecular flexibility index (Phi) is 6.23. The summed E-state index contributed by atoms with van der Waals surface area (Å²) in [5, 5.41) is 12.3. The number of fused-ring (bicyclic) bond motifs is 13. The fourth-order valence-electron chi connectivity index (χ4n) is 9.67. The predicted octanol–water partition coefficient (Wildman–Crippen LogP) is 12.0. The van der Waals surface area contributed by atoms with Gasteiger partial charge in [-0.1, -0.05) is 152 Å². The molecule has 2 aliphatic carbocycles. The van der Waals surface area contributed by atoms with E-state index in [1.807, 2.05) is 6.07 Å². The number of para-hydroxylation sites is 3. The molecule has 0 atom stereocenters. The number of nitrogens with zero attached hydrogens (tertiary/aromatic N) is 4. The highest BCUT2D eigenvalue weighted by atomic mass is 15.3. The molecule has 55 heavy (non-hydrogen) atoms. The molecule has 0 fully saturated rings. The monoisotopic (exact) mass is 700 g/mol. The molecule has 0 aliphatic heterocycles. The molecule has 2 heterocycles. The Labute approximate surface area is 318 Å². The third-order valence-corrected chi connectivity index (χ3v) is 11.9. The van der Waals surface area contributed by atoms with E-state index >= 15 is 0 Å². The zero-order chi connectivity index (χ0) is 36.1. The molecule has 2 aliphatic rings. The molecular formula is C51H32N4. The smallest absolute Gasteiger partial charge is 0.168 e. The molecule has 12 rings (SSSR count). The molecule has 0 unspecified atom stereocenters. The Bertz CT molecular complexity index is 3050. The summed E-state index contributed by atoms with van der Waals surface area (Å²) in [4.78, 5) is 0. The van der Waals surface area contributed by atoms with Crippen molar-refractivity contribution in [2.75, 3.05) is 0 Å². The van der Waals surface area contributed by atoms with Gasteiger partial charge in [0.15, 0.2) is 11.6 Å². The van der Waals surface area contributed by atoms with Crippen LogP contribution in [0.4, 0.5) is 0 Å². The first kappa shape index (κ1) is 30.2. The van der Waals surface area contributed by atoms with Gasteiger partial charge in [0.25, 0.3) is 0 Å². The van der Waals surface area contributed by atoms with E-state index in [4.69, 9.17) is 10.2 Å². The Hall–Kier alpha value is -7.30. The van der Waals surface area contributed by atoms with Gasteiger partial charge >= 0.3 is 0 Å². The summed E-state index contributed by atoms with van der Waals surface area (Å²) in [6.07, 6.45) is 0. The lowest BCUT2D eigenvalue weighted by Gasteiger charge is -2.31. The molecular weight excluding hydrogens is 669 g/mol. The lowest BCUT2D eigenvalue weighted by atomic mass is 9.70. The van der Waals surface area contributed by atoms with Crippen LogP contribution in [0.25, 0.3) is 78.2 Å². The van der Waals surface area contributed by atoms with E-state index in [0.717, 1.165) is 34.2 Å². The molecule has 0 saturated carbocycles. The first-order valence-electron chi connectivity index (χ1n) is 18.8. The van der Waals surface area contributed by atoms with Crippen LogP contribution < -0.4 is 0 Å². The van der Waals surface area contributed by atoms with E-state index in [0.29, 0.717) is 0 Å². The second-order valence-electron chi connectivity index (χ2n) is 14.6. The van der Waals surface area contributed by atoms with Gasteiger partial charge in [-0.15, -0.1) is 10.2 Å². The average molecular weight is 701 g/mol. The normalized spacial score (nSPS) is 13.2. The van der Waals surface area contributed by atoms with E-state index in [1.165, 1.54) is 66.3 Å². The SMILES string of the molecule is c1ccc(-c2nnc(-c3ccc4c(c3)C3(c5ccccc5-c5ccccc53)c3cc(-n5c6ccccc6c6ccccc65)ccc3-4)n2-c2ccccc2)cc1. The lowest BCUT2D eigenvalue weighted by Crippen LogP contribution is -2.26. The first-order valence-corrected chi connectivity index (χ1v) is 18.8. The van der Waals surface area contributed by atoms with Gasteiger partial charge in [-0.25, -0.2) is 0 Å². The average Bonchev–Trinajstić information content (AvgIpc) is 4.00. The van der Waals surface area contributed by atoms with Crippen LogP contribution in [-0.2, 0) is 5.41 Å². The molecule has 10 aromatic rings. The lowest BCUT2D eigenvalue weighted by molar-refractivity contribution is 0.792. The molecule has 8 aromatic carbocycles. The fourth-order valence-corrected chi connectivity index (χ4v) is 9.67. The third-order valence-electron chi connectivity index (χ3n) is 11.9. The van der Waals surface area contributed by atoms with Crippen LogP contribution in [0.3, 0.4) is 0 Å². The van der Waals surface area contributed by atoms with Crippen molar-refractivity contribution in [3.8, 4) is 56.4 Å². The van der Waals surface area contributed by atoms with Crippen LogP contribution in [0.2, 0.25) is 0 Å². The Morgan fingerprint density at radius 3 is 1.47 bits per heavy atom. The van der Waals surface area contributed by atoms with Crippen molar-refractivity contribution in [3.05, 3.63) is 216 Å². The Morgan fingerprint density at radius 2 is 0.818 bits per heavy atom. The molecule has 0 N–H and O–H groups in total. The number of benzene rings is 8. The summed E-state index contributed by atoms with van der Waals surface area (Å²) in [5.41, 5.74) is 16.3. The van der Waals surface area contributed by atoms with Gasteiger partial charge in [-0.2, -0.15) is 0 Å². The Morgan fingerprint density at radius 1 is 0.327 bits per heavy atom. The van der Waals surface area contributed by atoms with Crippen LogP contribution in [0.5, 0.6) is 0 Å². The van der Waals surface area contributed by atoms with Gasteiger partial charge in [0.1, 0.15) is 0 Å². The molecule has 4 nitrogen and oxygen atoms in total. The van der Waals surface area contributed by atoms with Crippen molar-refractivity contribution in [2.24, 2.45) is 0 Å². The van der Waals surface area contributed by atoms with Crippen LogP contribution >= 0.6 is 0 Å². The summed E-state index contributed by atoms with van der Waals surface area (Å²) >= 11 is 0. The van der Waals surface area contributed by atoms with Gasteiger partial charge in [-0.3, -0.25) is 4.57 Å². The summed E-state index contributed by atoms with van der Waals surface area (Å²) < 4.78 is 4.63. The highest BCUT2D eigenvalue weighted by molar-refractivity contribution is 6.09. The topological polar surface area (TPSA) is 35.6 Å². The minimum absolute atomic E-state index is 0.539. The van der Waals surface area contributed by atoms with E-state index in [1.54, 1.807) is 0 Å². The van der Waals surface area contributed by atoms with Crippen LogP contribution in [0, 0.1) is 0 Å². The summed E-state index contributed by atoms with van der Waals surface area (Å²) in [6.45, 7) is 0. The maximum absolute atomic E-state index is 4.93. The molecule has 256 valence electrons. The van der Waals surface area contributed by atoms with Gasteiger partial charge in [0, 0.05) is 33.3 Å². The van der Waals surface area contributed by atoms with Crippen molar-refractivity contribution in [1.82, 2.24) is 19.3 Å². The van der Waals surface area contributed by atoms with Gasteiger partial charge in [0.05, 0.1) is 16.4 Å². The zero-order valence-corrected chi connectivity index (χ0v) is 29.8.